The molecule has 0 saturated carbocycles. The van der Waals surface area contributed by atoms with Crippen LogP contribution in [0.2, 0.25) is 0 Å². The molecule has 0 radical (unpaired) electrons. The van der Waals surface area contributed by atoms with Crippen molar-refractivity contribution in [3.63, 3.8) is 0 Å². The van der Waals surface area contributed by atoms with Gasteiger partial charge in [-0.15, -0.1) is 0 Å². The van der Waals surface area contributed by atoms with E-state index in [9.17, 15) is 0 Å². The third-order valence-corrected chi connectivity index (χ3v) is 6.46. The van der Waals surface area contributed by atoms with E-state index in [-0.39, 0.29) is 6.61 Å². The summed E-state index contributed by atoms with van der Waals surface area (Å²) in [7, 11) is 0. The molecule has 4 rings (SSSR count). The van der Waals surface area contributed by atoms with Gasteiger partial charge in [0.2, 0.25) is 6.61 Å². The fourth-order valence-electron chi connectivity index (χ4n) is 4.20. The molecule has 0 saturated heterocycles. The van der Waals surface area contributed by atoms with Crippen molar-refractivity contribution in [1.29, 1.82) is 0 Å². The van der Waals surface area contributed by atoms with Crippen LogP contribution in [0.5, 0.6) is 23.0 Å². The summed E-state index contributed by atoms with van der Waals surface area (Å²) < 4.78 is 26.2. The Kier molecular flexibility index (Phi) is 9.31. The van der Waals surface area contributed by atoms with Crippen molar-refractivity contribution in [3.8, 4) is 23.0 Å². The highest BCUT2D eigenvalue weighted by molar-refractivity contribution is 5.33. The summed E-state index contributed by atoms with van der Waals surface area (Å²) in [6.45, 7) is 8.49. The fraction of sp³-hybridized carbons (Fsp3) is 0.294. The van der Waals surface area contributed by atoms with Crippen molar-refractivity contribution >= 4 is 0 Å². The number of aryl methyl sites for hydroxylation is 4. The Hall–Kier alpha value is -3.92. The van der Waals surface area contributed by atoms with Crippen molar-refractivity contribution in [2.24, 2.45) is 0 Å². The van der Waals surface area contributed by atoms with E-state index >= 15 is 0 Å². The first-order chi connectivity index (χ1) is 18.5. The molecule has 0 aliphatic heterocycles. The highest BCUT2D eigenvalue weighted by Crippen LogP contribution is 2.30. The first kappa shape index (κ1) is 27.1. The Morgan fingerprint density at radius 2 is 0.763 bits per heavy atom. The molecule has 0 aliphatic rings. The Balaban J connectivity index is 1.77. The lowest BCUT2D eigenvalue weighted by Gasteiger charge is -2.34. The summed E-state index contributed by atoms with van der Waals surface area (Å²) in [6.07, 6.45) is 3.60. The molecule has 4 heteroatoms. The smallest absolute Gasteiger partial charge is 0.453 e. The lowest BCUT2D eigenvalue weighted by Crippen LogP contribution is -2.53. The second kappa shape index (κ2) is 13.0. The van der Waals surface area contributed by atoms with Gasteiger partial charge < -0.3 is 18.9 Å². The van der Waals surface area contributed by atoms with E-state index in [1.54, 1.807) is 0 Å². The monoisotopic (exact) mass is 510 g/mol. The van der Waals surface area contributed by atoms with E-state index < -0.39 is 5.97 Å². The molecule has 198 valence electrons. The highest BCUT2D eigenvalue weighted by Gasteiger charge is 2.41. The Bertz CT molecular complexity index is 1190. The average molecular weight is 511 g/mol. The minimum Gasteiger partial charge on any atom is -0.481 e. The van der Waals surface area contributed by atoms with Crippen molar-refractivity contribution in [1.82, 2.24) is 0 Å². The molecule has 0 aliphatic carbocycles. The predicted octanol–water partition coefficient (Wildman–Crippen LogP) is 8.21. The molecule has 0 unspecified atom stereocenters. The van der Waals surface area contributed by atoms with E-state index in [1.807, 2.05) is 72.8 Å². The molecular weight excluding hydrogens is 472 g/mol. The second-order valence-electron chi connectivity index (χ2n) is 9.28. The fourth-order valence-corrected chi connectivity index (χ4v) is 4.20. The van der Waals surface area contributed by atoms with Gasteiger partial charge >= 0.3 is 5.97 Å². The van der Waals surface area contributed by atoms with Crippen LogP contribution >= 0.6 is 0 Å². The van der Waals surface area contributed by atoms with Gasteiger partial charge in [-0.1, -0.05) is 76.2 Å². The maximum absolute atomic E-state index is 6.61. The van der Waals surface area contributed by atoms with Crippen LogP contribution in [-0.4, -0.2) is 12.6 Å². The molecule has 0 N–H and O–H groups in total. The molecule has 0 aromatic heterocycles. The largest absolute Gasteiger partial charge is 0.481 e. The number of ether oxygens (including phenoxy) is 4. The number of hydrogen-bond donors (Lipinski definition) is 0. The molecule has 4 nitrogen and oxygen atoms in total. The second-order valence-corrected chi connectivity index (χ2v) is 9.28. The quantitative estimate of drug-likeness (QED) is 0.170. The summed E-state index contributed by atoms with van der Waals surface area (Å²) in [4.78, 5) is 0. The minimum atomic E-state index is -1.59. The SMILES string of the molecule is CCc1cccc(OCC(Oc2cccc(CC)c2)(Oc2cccc(CC)c2)Oc2cccc(CC)c2)c1. The molecule has 0 amide bonds. The van der Waals surface area contributed by atoms with Gasteiger partial charge in [0.15, 0.2) is 0 Å². The van der Waals surface area contributed by atoms with E-state index in [0.29, 0.717) is 17.2 Å². The molecular formula is C34H38O4. The van der Waals surface area contributed by atoms with Gasteiger partial charge in [0.1, 0.15) is 23.0 Å². The van der Waals surface area contributed by atoms with Crippen molar-refractivity contribution in [3.05, 3.63) is 119 Å². The zero-order valence-corrected chi connectivity index (χ0v) is 22.9. The van der Waals surface area contributed by atoms with Gasteiger partial charge in [-0.2, -0.15) is 0 Å². The maximum Gasteiger partial charge on any atom is 0.453 e. The summed E-state index contributed by atoms with van der Waals surface area (Å²) >= 11 is 0. The molecule has 0 spiro atoms. The summed E-state index contributed by atoms with van der Waals surface area (Å²) in [6, 6.07) is 32.1. The molecule has 4 aromatic carbocycles. The Labute approximate surface area is 227 Å². The van der Waals surface area contributed by atoms with Crippen molar-refractivity contribution in [2.45, 2.75) is 59.4 Å². The molecule has 0 bridgehead atoms. The number of benzene rings is 4. The summed E-state index contributed by atoms with van der Waals surface area (Å²) in [5.41, 5.74) is 4.68. The van der Waals surface area contributed by atoms with Crippen LogP contribution in [0.1, 0.15) is 49.9 Å². The zero-order valence-electron chi connectivity index (χ0n) is 22.9. The normalized spacial score (nSPS) is 11.2. The number of hydrogen-bond acceptors (Lipinski definition) is 4. The summed E-state index contributed by atoms with van der Waals surface area (Å²) in [5.74, 6) is 1.08. The maximum atomic E-state index is 6.61. The molecule has 0 heterocycles. The molecule has 0 atom stereocenters. The first-order valence-corrected chi connectivity index (χ1v) is 13.6. The average Bonchev–Trinajstić information content (AvgIpc) is 2.96. The van der Waals surface area contributed by atoms with Crippen molar-refractivity contribution < 1.29 is 18.9 Å². The zero-order chi connectivity index (χ0) is 26.8. The lowest BCUT2D eigenvalue weighted by molar-refractivity contribution is -0.266. The van der Waals surface area contributed by atoms with Gasteiger partial charge in [0.05, 0.1) is 0 Å². The van der Waals surface area contributed by atoms with Gasteiger partial charge in [-0.05, 0) is 96.5 Å². The van der Waals surface area contributed by atoms with Crippen LogP contribution in [0.25, 0.3) is 0 Å². The van der Waals surface area contributed by atoms with Gasteiger partial charge in [0, 0.05) is 0 Å². The van der Waals surface area contributed by atoms with E-state index in [2.05, 4.69) is 52.0 Å². The van der Waals surface area contributed by atoms with Gasteiger partial charge in [0.25, 0.3) is 0 Å². The third-order valence-electron chi connectivity index (χ3n) is 6.46. The van der Waals surface area contributed by atoms with Gasteiger partial charge in [-0.3, -0.25) is 0 Å². The van der Waals surface area contributed by atoms with Crippen LogP contribution in [0, 0.1) is 0 Å². The van der Waals surface area contributed by atoms with Crippen LogP contribution in [0.15, 0.2) is 97.1 Å². The number of rotatable bonds is 13. The summed E-state index contributed by atoms with van der Waals surface area (Å²) in [5, 5.41) is 0. The van der Waals surface area contributed by atoms with Crippen LogP contribution in [-0.2, 0) is 25.7 Å². The molecule has 38 heavy (non-hydrogen) atoms. The van der Waals surface area contributed by atoms with Crippen LogP contribution in [0.3, 0.4) is 0 Å². The molecule has 0 fully saturated rings. The van der Waals surface area contributed by atoms with Crippen LogP contribution in [0.4, 0.5) is 0 Å². The first-order valence-electron chi connectivity index (χ1n) is 13.6. The van der Waals surface area contributed by atoms with Crippen molar-refractivity contribution in [2.75, 3.05) is 6.61 Å². The predicted molar refractivity (Wildman–Crippen MR) is 153 cm³/mol. The van der Waals surface area contributed by atoms with E-state index in [1.165, 1.54) is 5.56 Å². The van der Waals surface area contributed by atoms with Gasteiger partial charge in [-0.25, -0.2) is 0 Å². The Morgan fingerprint density at radius 3 is 1.11 bits per heavy atom. The topological polar surface area (TPSA) is 36.9 Å². The molecule has 4 aromatic rings. The van der Waals surface area contributed by atoms with E-state index in [4.69, 9.17) is 18.9 Å². The van der Waals surface area contributed by atoms with Crippen LogP contribution < -0.4 is 18.9 Å². The lowest BCUT2D eigenvalue weighted by atomic mass is 10.1. The minimum absolute atomic E-state index is 0.00320. The van der Waals surface area contributed by atoms with E-state index in [0.717, 1.165) is 48.1 Å². The third kappa shape index (κ3) is 7.32. The highest BCUT2D eigenvalue weighted by atomic mass is 16.9. The standard InChI is InChI=1S/C34H38O4/c1-5-26-13-9-17-30(21-26)35-25-34(36-31-18-10-14-27(6-2)22-31,37-32-19-11-15-28(7-3)23-32)38-33-20-12-16-29(8-4)24-33/h9-24H,5-8,25H2,1-4H3. The Morgan fingerprint density at radius 1 is 0.447 bits per heavy atom.